The second-order valence-corrected chi connectivity index (χ2v) is 11.3. The lowest BCUT2D eigenvalue weighted by Gasteiger charge is -2.31. The molecular formula is C26H36ClN3O4S. The molecule has 0 radical (unpaired) electrons. The number of halogens is 1. The normalized spacial score (nSPS) is 12.3. The van der Waals surface area contributed by atoms with Crippen LogP contribution in [-0.2, 0) is 26.2 Å². The highest BCUT2D eigenvalue weighted by Crippen LogP contribution is 2.23. The molecule has 0 aliphatic heterocycles. The zero-order valence-electron chi connectivity index (χ0n) is 20.9. The summed E-state index contributed by atoms with van der Waals surface area (Å²) in [5.74, 6) is -0.0784. The van der Waals surface area contributed by atoms with Gasteiger partial charge in [-0.2, -0.15) is 0 Å². The number of anilines is 1. The Labute approximate surface area is 214 Å². The molecule has 2 rings (SSSR count). The fourth-order valence-corrected chi connectivity index (χ4v) is 4.90. The first kappa shape index (κ1) is 28.7. The maximum atomic E-state index is 13.4. The Hall–Kier alpha value is -2.58. The van der Waals surface area contributed by atoms with Crippen LogP contribution < -0.4 is 9.62 Å². The van der Waals surface area contributed by atoms with E-state index in [0.29, 0.717) is 42.6 Å². The van der Waals surface area contributed by atoms with Gasteiger partial charge in [0, 0.05) is 31.1 Å². The Balaban J connectivity index is 2.18. The highest BCUT2D eigenvalue weighted by Gasteiger charge is 2.28. The standard InChI is InChI=1S/C26H36ClN3O4S/c1-5-24(26(32)28-18-20(2)3)29(19-21-11-7-6-8-12-21)25(31)15-10-16-30(35(4,33)34)23-14-9-13-22(27)17-23/h6-9,11-14,17,20,24H,5,10,15-16,18-19H2,1-4H3,(H,28,32)/t24-/m0/s1. The lowest BCUT2D eigenvalue weighted by atomic mass is 10.1. The van der Waals surface area contributed by atoms with E-state index >= 15 is 0 Å². The van der Waals surface area contributed by atoms with Gasteiger partial charge in [0.2, 0.25) is 21.8 Å². The van der Waals surface area contributed by atoms with Crippen LogP contribution in [0.25, 0.3) is 0 Å². The van der Waals surface area contributed by atoms with Gasteiger partial charge >= 0.3 is 0 Å². The number of benzene rings is 2. The van der Waals surface area contributed by atoms with E-state index in [9.17, 15) is 18.0 Å². The third-order valence-corrected chi connectivity index (χ3v) is 6.94. The first-order valence-electron chi connectivity index (χ1n) is 11.9. The van der Waals surface area contributed by atoms with Crippen molar-refractivity contribution in [2.45, 2.75) is 52.6 Å². The lowest BCUT2D eigenvalue weighted by Crippen LogP contribution is -2.49. The molecular weight excluding hydrogens is 486 g/mol. The van der Waals surface area contributed by atoms with Crippen molar-refractivity contribution in [3.63, 3.8) is 0 Å². The van der Waals surface area contributed by atoms with E-state index in [4.69, 9.17) is 11.6 Å². The molecule has 2 aromatic carbocycles. The molecule has 0 unspecified atom stereocenters. The van der Waals surface area contributed by atoms with E-state index in [1.165, 1.54) is 4.31 Å². The van der Waals surface area contributed by atoms with Gasteiger partial charge in [0.1, 0.15) is 6.04 Å². The summed E-state index contributed by atoms with van der Waals surface area (Å²) in [4.78, 5) is 27.9. The Bertz CT molecular complexity index is 1080. The lowest BCUT2D eigenvalue weighted by molar-refractivity contribution is -0.141. The smallest absolute Gasteiger partial charge is 0.242 e. The van der Waals surface area contributed by atoms with Gasteiger partial charge < -0.3 is 10.2 Å². The Morgan fingerprint density at radius 1 is 1.06 bits per heavy atom. The van der Waals surface area contributed by atoms with Crippen LogP contribution in [0.15, 0.2) is 54.6 Å². The van der Waals surface area contributed by atoms with Crippen LogP contribution in [0.5, 0.6) is 0 Å². The molecule has 0 aliphatic carbocycles. The molecule has 0 saturated carbocycles. The quantitative estimate of drug-likeness (QED) is 0.421. The third kappa shape index (κ3) is 9.18. The number of sulfonamides is 1. The Morgan fingerprint density at radius 3 is 2.31 bits per heavy atom. The van der Waals surface area contributed by atoms with Crippen molar-refractivity contribution >= 4 is 39.1 Å². The monoisotopic (exact) mass is 521 g/mol. The number of carbonyl (C=O) groups excluding carboxylic acids is 2. The van der Waals surface area contributed by atoms with Crippen molar-refractivity contribution in [2.75, 3.05) is 23.7 Å². The van der Waals surface area contributed by atoms with Crippen molar-refractivity contribution in [3.8, 4) is 0 Å². The highest BCUT2D eigenvalue weighted by atomic mass is 35.5. The van der Waals surface area contributed by atoms with Gasteiger partial charge in [-0.1, -0.05) is 68.8 Å². The van der Waals surface area contributed by atoms with Gasteiger partial charge in [-0.05, 0) is 42.5 Å². The van der Waals surface area contributed by atoms with E-state index in [1.807, 2.05) is 51.1 Å². The van der Waals surface area contributed by atoms with Crippen LogP contribution in [0.4, 0.5) is 5.69 Å². The zero-order chi connectivity index (χ0) is 26.0. The Kier molecular flexibility index (Phi) is 11.0. The van der Waals surface area contributed by atoms with E-state index in [2.05, 4.69) is 5.32 Å². The minimum absolute atomic E-state index is 0.105. The average molecular weight is 522 g/mol. The van der Waals surface area contributed by atoms with Crippen molar-refractivity contribution < 1.29 is 18.0 Å². The maximum absolute atomic E-state index is 13.4. The number of nitrogens with zero attached hydrogens (tertiary/aromatic N) is 2. The van der Waals surface area contributed by atoms with Crippen LogP contribution in [0.2, 0.25) is 5.02 Å². The minimum atomic E-state index is -3.57. The molecule has 35 heavy (non-hydrogen) atoms. The number of hydrogen-bond donors (Lipinski definition) is 1. The summed E-state index contributed by atoms with van der Waals surface area (Å²) in [6.07, 6.45) is 2.01. The highest BCUT2D eigenvalue weighted by molar-refractivity contribution is 7.92. The molecule has 9 heteroatoms. The van der Waals surface area contributed by atoms with Gasteiger partial charge in [0.25, 0.3) is 0 Å². The van der Waals surface area contributed by atoms with Gasteiger partial charge in [0.05, 0.1) is 11.9 Å². The van der Waals surface area contributed by atoms with Crippen molar-refractivity contribution in [3.05, 3.63) is 65.2 Å². The SMILES string of the molecule is CC[C@@H](C(=O)NCC(C)C)N(Cc1ccccc1)C(=O)CCCN(c1cccc(Cl)c1)S(C)(=O)=O. The molecule has 0 saturated heterocycles. The minimum Gasteiger partial charge on any atom is -0.354 e. The largest absolute Gasteiger partial charge is 0.354 e. The summed E-state index contributed by atoms with van der Waals surface area (Å²) in [5, 5.41) is 3.37. The number of amides is 2. The number of hydrogen-bond acceptors (Lipinski definition) is 4. The molecule has 0 aliphatic rings. The van der Waals surface area contributed by atoms with Gasteiger partial charge in [-0.3, -0.25) is 13.9 Å². The van der Waals surface area contributed by atoms with E-state index in [1.54, 1.807) is 29.2 Å². The predicted molar refractivity (Wildman–Crippen MR) is 142 cm³/mol. The van der Waals surface area contributed by atoms with Crippen molar-refractivity contribution in [1.82, 2.24) is 10.2 Å². The van der Waals surface area contributed by atoms with E-state index < -0.39 is 16.1 Å². The van der Waals surface area contributed by atoms with Crippen molar-refractivity contribution in [2.24, 2.45) is 5.92 Å². The zero-order valence-corrected chi connectivity index (χ0v) is 22.5. The average Bonchev–Trinajstić information content (AvgIpc) is 2.80. The second-order valence-electron chi connectivity index (χ2n) is 8.99. The van der Waals surface area contributed by atoms with Gasteiger partial charge in [-0.15, -0.1) is 0 Å². The molecule has 2 aromatic rings. The fraction of sp³-hybridized carbons (Fsp3) is 0.462. The first-order valence-corrected chi connectivity index (χ1v) is 14.1. The molecule has 2 amide bonds. The summed E-state index contributed by atoms with van der Waals surface area (Å²) in [5.41, 5.74) is 1.38. The summed E-state index contributed by atoms with van der Waals surface area (Å²) in [6.45, 7) is 6.88. The summed E-state index contributed by atoms with van der Waals surface area (Å²) >= 11 is 6.05. The Morgan fingerprint density at radius 2 is 1.74 bits per heavy atom. The molecule has 1 atom stereocenters. The molecule has 0 heterocycles. The third-order valence-electron chi connectivity index (χ3n) is 5.51. The van der Waals surface area contributed by atoms with Gasteiger partial charge in [-0.25, -0.2) is 8.42 Å². The molecule has 0 aromatic heterocycles. The molecule has 7 nitrogen and oxygen atoms in total. The molecule has 192 valence electrons. The topological polar surface area (TPSA) is 86.8 Å². The molecule has 0 spiro atoms. The van der Waals surface area contributed by atoms with Crippen LogP contribution in [-0.4, -0.2) is 50.5 Å². The first-order chi connectivity index (χ1) is 16.5. The molecule has 1 N–H and O–H groups in total. The van der Waals surface area contributed by atoms with E-state index in [0.717, 1.165) is 11.8 Å². The van der Waals surface area contributed by atoms with Gasteiger partial charge in [0.15, 0.2) is 0 Å². The predicted octanol–water partition coefficient (Wildman–Crippen LogP) is 4.47. The summed E-state index contributed by atoms with van der Waals surface area (Å²) < 4.78 is 26.0. The maximum Gasteiger partial charge on any atom is 0.242 e. The van der Waals surface area contributed by atoms with Crippen LogP contribution >= 0.6 is 11.6 Å². The van der Waals surface area contributed by atoms with Crippen molar-refractivity contribution in [1.29, 1.82) is 0 Å². The van der Waals surface area contributed by atoms with Crippen LogP contribution in [0.1, 0.15) is 45.6 Å². The van der Waals surface area contributed by atoms with Crippen LogP contribution in [0.3, 0.4) is 0 Å². The fourth-order valence-electron chi connectivity index (χ4n) is 3.76. The number of carbonyl (C=O) groups is 2. The summed E-state index contributed by atoms with van der Waals surface area (Å²) in [7, 11) is -3.57. The molecule has 0 bridgehead atoms. The summed E-state index contributed by atoms with van der Waals surface area (Å²) in [6, 6.07) is 15.5. The second kappa shape index (κ2) is 13.5. The molecule has 0 fully saturated rings. The number of rotatable bonds is 13. The van der Waals surface area contributed by atoms with E-state index in [-0.39, 0.29) is 24.8 Å². The van der Waals surface area contributed by atoms with Crippen LogP contribution in [0, 0.1) is 5.92 Å². The number of nitrogens with one attached hydrogen (secondary N) is 1.